The Morgan fingerprint density at radius 1 is 1.03 bits per heavy atom. The van der Waals surface area contributed by atoms with Crippen LogP contribution in [0.4, 0.5) is 10.1 Å². The van der Waals surface area contributed by atoms with Crippen LogP contribution < -0.4 is 5.32 Å². The maximum Gasteiger partial charge on any atom is 0.251 e. The number of anilines is 1. The molecule has 0 radical (unpaired) electrons. The molecule has 2 unspecified atom stereocenters. The molecule has 33 heavy (non-hydrogen) atoms. The van der Waals surface area contributed by atoms with Crippen LogP contribution in [0.2, 0.25) is 0 Å². The van der Waals surface area contributed by atoms with E-state index >= 15 is 0 Å². The van der Waals surface area contributed by atoms with Crippen molar-refractivity contribution < 1.29 is 29.3 Å². The predicted octanol–water partition coefficient (Wildman–Crippen LogP) is 3.25. The first-order chi connectivity index (χ1) is 15.7. The van der Waals surface area contributed by atoms with Crippen molar-refractivity contribution >= 4 is 17.4 Å². The van der Waals surface area contributed by atoms with Gasteiger partial charge in [-0.05, 0) is 49.4 Å². The summed E-state index contributed by atoms with van der Waals surface area (Å²) in [6.45, 7) is 0.328. The number of phenols is 3. The first-order valence-corrected chi connectivity index (χ1v) is 10.4. The Morgan fingerprint density at radius 2 is 1.79 bits per heavy atom. The number of hydrogen-bond donors (Lipinski definition) is 4. The summed E-state index contributed by atoms with van der Waals surface area (Å²) >= 11 is 0. The second-order valence-electron chi connectivity index (χ2n) is 8.48. The molecule has 1 spiro atoms. The maximum atomic E-state index is 15.0. The van der Waals surface area contributed by atoms with Crippen LogP contribution in [-0.4, -0.2) is 45.5 Å². The Hall–Kier alpha value is -3.91. The Balaban J connectivity index is 1.88. The summed E-state index contributed by atoms with van der Waals surface area (Å²) < 4.78 is 15.0. The molecule has 3 aromatic carbocycles. The van der Waals surface area contributed by atoms with Crippen molar-refractivity contribution in [3.8, 4) is 17.2 Å². The molecule has 1 saturated heterocycles. The number of benzene rings is 3. The van der Waals surface area contributed by atoms with E-state index in [9.17, 15) is 29.3 Å². The molecule has 7 nitrogen and oxygen atoms in total. The van der Waals surface area contributed by atoms with Crippen molar-refractivity contribution in [2.45, 2.75) is 17.4 Å². The van der Waals surface area contributed by atoms with Crippen molar-refractivity contribution in [1.29, 1.82) is 0 Å². The number of nitrogens with one attached hydrogen (secondary N) is 1. The van der Waals surface area contributed by atoms with Crippen LogP contribution in [0.25, 0.3) is 0 Å². The van der Waals surface area contributed by atoms with Crippen LogP contribution >= 0.6 is 0 Å². The Kier molecular flexibility index (Phi) is 4.48. The smallest absolute Gasteiger partial charge is 0.251 e. The highest BCUT2D eigenvalue weighted by Crippen LogP contribution is 2.59. The van der Waals surface area contributed by atoms with Gasteiger partial charge >= 0.3 is 0 Å². The van der Waals surface area contributed by atoms with Crippen molar-refractivity contribution in [2.24, 2.45) is 0 Å². The lowest BCUT2D eigenvalue weighted by Crippen LogP contribution is -2.60. The lowest BCUT2D eigenvalue weighted by Gasteiger charge is -2.44. The lowest BCUT2D eigenvalue weighted by atomic mass is 9.59. The standard InChI is InChI=1S/C25H21FN2O5/c1-28-11-10-24(14-6-9-20(30)21(31)12-14,22(32)16-8-7-15(29)13-18(16)26)25(28)17-4-2-3-5-19(17)27-23(25)33/h2-9,12-13,29-31H,10-11H2,1H3,(H,27,33). The zero-order valence-corrected chi connectivity index (χ0v) is 17.7. The fourth-order valence-corrected chi connectivity index (χ4v) is 5.52. The second-order valence-corrected chi connectivity index (χ2v) is 8.48. The second kappa shape index (κ2) is 7.05. The quantitative estimate of drug-likeness (QED) is 0.362. The number of fused-ring (bicyclic) bond motifs is 2. The molecule has 1 fully saturated rings. The normalized spacial score (nSPS) is 24.1. The highest BCUT2D eigenvalue weighted by atomic mass is 19.1. The molecule has 8 heteroatoms. The van der Waals surface area contributed by atoms with Crippen LogP contribution in [0.5, 0.6) is 17.2 Å². The van der Waals surface area contributed by atoms with E-state index in [1.807, 2.05) is 0 Å². The topological polar surface area (TPSA) is 110 Å². The molecule has 2 heterocycles. The molecule has 4 N–H and O–H groups in total. The van der Waals surface area contributed by atoms with E-state index < -0.39 is 34.2 Å². The summed E-state index contributed by atoms with van der Waals surface area (Å²) in [4.78, 5) is 29.8. The van der Waals surface area contributed by atoms with Gasteiger partial charge in [-0.3, -0.25) is 14.5 Å². The first kappa shape index (κ1) is 21.0. The van der Waals surface area contributed by atoms with Gasteiger partial charge in [-0.1, -0.05) is 24.3 Å². The fourth-order valence-electron chi connectivity index (χ4n) is 5.52. The molecular weight excluding hydrogens is 427 g/mol. The van der Waals surface area contributed by atoms with Crippen LogP contribution in [0.15, 0.2) is 60.7 Å². The fraction of sp³-hybridized carbons (Fsp3) is 0.200. The molecule has 0 aliphatic carbocycles. The summed E-state index contributed by atoms with van der Waals surface area (Å²) in [7, 11) is 1.73. The minimum absolute atomic E-state index is 0.147. The number of carbonyl (C=O) groups is 2. The maximum absolute atomic E-state index is 15.0. The van der Waals surface area contributed by atoms with Gasteiger partial charge in [-0.15, -0.1) is 0 Å². The summed E-state index contributed by atoms with van der Waals surface area (Å²) in [5, 5.41) is 32.7. The molecule has 0 aromatic heterocycles. The number of nitrogens with zero attached hydrogens (tertiary/aromatic N) is 1. The van der Waals surface area contributed by atoms with Crippen LogP contribution in [-0.2, 0) is 15.7 Å². The molecule has 5 rings (SSSR count). The minimum Gasteiger partial charge on any atom is -0.508 e. The average molecular weight is 448 g/mol. The van der Waals surface area contributed by atoms with Gasteiger partial charge in [0, 0.05) is 23.9 Å². The average Bonchev–Trinajstić information content (AvgIpc) is 3.26. The van der Waals surface area contributed by atoms with E-state index in [0.717, 1.165) is 6.07 Å². The third-order valence-corrected chi connectivity index (χ3v) is 6.96. The van der Waals surface area contributed by atoms with E-state index in [2.05, 4.69) is 5.32 Å². The molecule has 3 aromatic rings. The molecule has 168 valence electrons. The number of phenolic OH excluding ortho intramolecular Hbond substituents is 3. The number of aromatic hydroxyl groups is 3. The SMILES string of the molecule is CN1CCC(C(=O)c2ccc(O)cc2F)(c2ccc(O)c(O)c2)C12C(=O)Nc1ccccc12. The van der Waals surface area contributed by atoms with Crippen LogP contribution in [0, 0.1) is 5.82 Å². The summed E-state index contributed by atoms with van der Waals surface area (Å²) in [6, 6.07) is 14.2. The molecule has 1 amide bonds. The lowest BCUT2D eigenvalue weighted by molar-refractivity contribution is -0.127. The van der Waals surface area contributed by atoms with Crippen molar-refractivity contribution in [3.63, 3.8) is 0 Å². The molecule has 2 aliphatic heterocycles. The monoisotopic (exact) mass is 448 g/mol. The molecule has 2 aliphatic rings. The number of likely N-dealkylation sites (N-methyl/N-ethyl adjacent to an activating group) is 1. The number of Topliss-reactive ketones (excluding diaryl/α,β-unsaturated/α-hetero) is 1. The third kappa shape index (κ3) is 2.58. The zero-order chi connectivity index (χ0) is 23.5. The highest BCUT2D eigenvalue weighted by Gasteiger charge is 2.70. The van der Waals surface area contributed by atoms with Gasteiger partial charge in [-0.25, -0.2) is 4.39 Å². The van der Waals surface area contributed by atoms with Gasteiger partial charge in [-0.2, -0.15) is 0 Å². The number of hydrogen-bond acceptors (Lipinski definition) is 6. The van der Waals surface area contributed by atoms with E-state index in [-0.39, 0.29) is 29.0 Å². The van der Waals surface area contributed by atoms with Crippen molar-refractivity contribution in [2.75, 3.05) is 18.9 Å². The summed E-state index contributed by atoms with van der Waals surface area (Å²) in [5.41, 5.74) is -2.08. The number of para-hydroxylation sites is 1. The first-order valence-electron chi connectivity index (χ1n) is 10.4. The minimum atomic E-state index is -1.64. The summed E-state index contributed by atoms with van der Waals surface area (Å²) in [5.74, 6) is -3.19. The Bertz CT molecular complexity index is 1330. The largest absolute Gasteiger partial charge is 0.508 e. The Labute approximate surface area is 188 Å². The number of likely N-dealkylation sites (tertiary alicyclic amines) is 1. The van der Waals surface area contributed by atoms with Crippen molar-refractivity contribution in [1.82, 2.24) is 4.90 Å². The number of ketones is 1. The van der Waals surface area contributed by atoms with E-state index in [0.29, 0.717) is 17.8 Å². The van der Waals surface area contributed by atoms with Crippen molar-refractivity contribution in [3.05, 3.63) is 83.2 Å². The number of halogens is 1. The third-order valence-electron chi connectivity index (χ3n) is 6.96. The van der Waals surface area contributed by atoms with Gasteiger partial charge in [0.2, 0.25) is 0 Å². The van der Waals surface area contributed by atoms with Gasteiger partial charge in [0.15, 0.2) is 17.3 Å². The van der Waals surface area contributed by atoms with Crippen LogP contribution in [0.3, 0.4) is 0 Å². The number of carbonyl (C=O) groups excluding carboxylic acids is 2. The molecule has 0 saturated carbocycles. The summed E-state index contributed by atoms with van der Waals surface area (Å²) in [6.07, 6.45) is 0.147. The van der Waals surface area contributed by atoms with E-state index in [1.54, 1.807) is 36.2 Å². The van der Waals surface area contributed by atoms with Gasteiger partial charge < -0.3 is 20.6 Å². The molecule has 0 bridgehead atoms. The highest BCUT2D eigenvalue weighted by molar-refractivity contribution is 6.16. The predicted molar refractivity (Wildman–Crippen MR) is 118 cm³/mol. The molecular formula is C25H21FN2O5. The van der Waals surface area contributed by atoms with Gasteiger partial charge in [0.1, 0.15) is 17.1 Å². The number of amides is 1. The van der Waals surface area contributed by atoms with E-state index in [1.165, 1.54) is 30.3 Å². The molecule has 2 atom stereocenters. The van der Waals surface area contributed by atoms with Gasteiger partial charge in [0.25, 0.3) is 5.91 Å². The zero-order valence-electron chi connectivity index (χ0n) is 17.7. The Morgan fingerprint density at radius 3 is 2.52 bits per heavy atom. The van der Waals surface area contributed by atoms with Crippen LogP contribution in [0.1, 0.15) is 27.9 Å². The van der Waals surface area contributed by atoms with E-state index in [4.69, 9.17) is 0 Å². The van der Waals surface area contributed by atoms with Gasteiger partial charge in [0.05, 0.1) is 11.0 Å². The number of rotatable bonds is 3.